The summed E-state index contributed by atoms with van der Waals surface area (Å²) in [7, 11) is 0. The lowest BCUT2D eigenvalue weighted by Gasteiger charge is -2.26. The van der Waals surface area contributed by atoms with Crippen molar-refractivity contribution in [3.63, 3.8) is 0 Å². The van der Waals surface area contributed by atoms with Crippen LogP contribution in [0.5, 0.6) is 0 Å². The van der Waals surface area contributed by atoms with Crippen molar-refractivity contribution in [1.82, 2.24) is 25.9 Å². The predicted molar refractivity (Wildman–Crippen MR) is 137 cm³/mol. The Balaban J connectivity index is 2.09. The molecule has 2 rings (SSSR count). The van der Waals surface area contributed by atoms with Crippen molar-refractivity contribution in [2.24, 2.45) is 11.7 Å². The van der Waals surface area contributed by atoms with E-state index in [2.05, 4.69) is 38.5 Å². The molecule has 2 aromatic rings. The van der Waals surface area contributed by atoms with E-state index in [4.69, 9.17) is 5.73 Å². The molecular formula is C24H34N6O5S. The highest BCUT2D eigenvalue weighted by molar-refractivity contribution is 7.80. The molecule has 11 nitrogen and oxygen atoms in total. The topological polar surface area (TPSA) is 179 Å². The van der Waals surface area contributed by atoms with Gasteiger partial charge in [0.15, 0.2) is 0 Å². The number of carboxylic acids is 1. The molecule has 3 amide bonds. The number of imidazole rings is 1. The van der Waals surface area contributed by atoms with Crippen LogP contribution in [0.4, 0.5) is 0 Å². The molecule has 0 spiro atoms. The number of benzene rings is 1. The molecule has 0 aliphatic carbocycles. The van der Waals surface area contributed by atoms with E-state index in [1.165, 1.54) is 12.5 Å². The predicted octanol–water partition coefficient (Wildman–Crippen LogP) is 0.0371. The molecule has 12 heteroatoms. The van der Waals surface area contributed by atoms with Crippen LogP contribution >= 0.6 is 12.6 Å². The minimum absolute atomic E-state index is 0.0329. The molecule has 0 saturated carbocycles. The number of aromatic amines is 1. The number of thiol groups is 1. The second-order valence-corrected chi connectivity index (χ2v) is 8.96. The number of carbonyl (C=O) groups is 4. The van der Waals surface area contributed by atoms with Crippen molar-refractivity contribution in [1.29, 1.82) is 0 Å². The lowest BCUT2D eigenvalue weighted by Crippen LogP contribution is -2.58. The Bertz CT molecular complexity index is 1000. The van der Waals surface area contributed by atoms with Gasteiger partial charge >= 0.3 is 5.97 Å². The molecule has 1 aromatic heterocycles. The molecule has 1 aromatic carbocycles. The van der Waals surface area contributed by atoms with Gasteiger partial charge in [-0.3, -0.25) is 14.4 Å². The number of aromatic nitrogens is 2. The zero-order chi connectivity index (χ0) is 26.7. The van der Waals surface area contributed by atoms with E-state index in [-0.39, 0.29) is 24.5 Å². The summed E-state index contributed by atoms with van der Waals surface area (Å²) in [4.78, 5) is 57.1. The molecule has 7 N–H and O–H groups in total. The second-order valence-electron chi connectivity index (χ2n) is 8.59. The molecule has 36 heavy (non-hydrogen) atoms. The monoisotopic (exact) mass is 518 g/mol. The zero-order valence-electron chi connectivity index (χ0n) is 20.3. The first-order valence-electron chi connectivity index (χ1n) is 11.7. The van der Waals surface area contributed by atoms with E-state index in [1.54, 1.807) is 6.92 Å². The number of nitrogens with zero attached hydrogens (tertiary/aromatic N) is 1. The van der Waals surface area contributed by atoms with Crippen LogP contribution in [0.15, 0.2) is 42.9 Å². The summed E-state index contributed by atoms with van der Waals surface area (Å²) in [6.07, 6.45) is 3.77. The smallest absolute Gasteiger partial charge is 0.326 e. The van der Waals surface area contributed by atoms with E-state index in [0.29, 0.717) is 12.1 Å². The van der Waals surface area contributed by atoms with Crippen LogP contribution in [0, 0.1) is 5.92 Å². The fourth-order valence-electron chi connectivity index (χ4n) is 3.47. The Morgan fingerprint density at radius 3 is 2.22 bits per heavy atom. The molecule has 0 aliphatic rings. The number of rotatable bonds is 14. The third-order valence-corrected chi connectivity index (χ3v) is 6.20. The average molecular weight is 519 g/mol. The van der Waals surface area contributed by atoms with Crippen LogP contribution in [0.1, 0.15) is 31.5 Å². The number of carbonyl (C=O) groups excluding carboxylic acids is 3. The van der Waals surface area contributed by atoms with Crippen molar-refractivity contribution in [3.05, 3.63) is 54.1 Å². The highest BCUT2D eigenvalue weighted by Crippen LogP contribution is 2.09. The fourth-order valence-corrected chi connectivity index (χ4v) is 3.73. The van der Waals surface area contributed by atoms with Gasteiger partial charge in [0.2, 0.25) is 17.7 Å². The minimum Gasteiger partial charge on any atom is -0.480 e. The molecule has 0 aliphatic heterocycles. The largest absolute Gasteiger partial charge is 0.480 e. The van der Waals surface area contributed by atoms with E-state index >= 15 is 0 Å². The number of nitrogens with two attached hydrogens (primary N) is 1. The van der Waals surface area contributed by atoms with Gasteiger partial charge in [0, 0.05) is 24.1 Å². The lowest BCUT2D eigenvalue weighted by molar-refractivity contribution is -0.143. The SMILES string of the molecule is CCC(C)C(NC(=O)C(Cc1cnc[nH]1)NC(=O)C(CS)NC(=O)C(N)Cc1ccccc1)C(=O)O. The van der Waals surface area contributed by atoms with E-state index in [0.717, 1.165) is 5.56 Å². The number of nitrogens with one attached hydrogen (secondary N) is 4. The summed E-state index contributed by atoms with van der Waals surface area (Å²) >= 11 is 4.17. The van der Waals surface area contributed by atoms with E-state index < -0.39 is 47.9 Å². The molecule has 1 heterocycles. The minimum atomic E-state index is -1.17. The first-order valence-corrected chi connectivity index (χ1v) is 12.3. The summed E-state index contributed by atoms with van der Waals surface area (Å²) in [5.41, 5.74) is 7.45. The van der Waals surface area contributed by atoms with Gasteiger partial charge in [-0.2, -0.15) is 12.6 Å². The van der Waals surface area contributed by atoms with Gasteiger partial charge in [0.25, 0.3) is 0 Å². The number of hydrogen-bond acceptors (Lipinski definition) is 7. The Morgan fingerprint density at radius 2 is 1.67 bits per heavy atom. The Labute approximate surface area is 215 Å². The van der Waals surface area contributed by atoms with Crippen molar-refractivity contribution in [3.8, 4) is 0 Å². The van der Waals surface area contributed by atoms with Gasteiger partial charge in [0.05, 0.1) is 12.4 Å². The first-order chi connectivity index (χ1) is 17.2. The summed E-state index contributed by atoms with van der Waals surface area (Å²) in [6.45, 7) is 3.53. The second kappa shape index (κ2) is 14.2. The lowest BCUT2D eigenvalue weighted by atomic mass is 9.98. The van der Waals surface area contributed by atoms with Gasteiger partial charge in [-0.05, 0) is 17.9 Å². The number of carboxylic acid groups (broad SMARTS) is 1. The normalized spacial score (nSPS) is 15.1. The van der Waals surface area contributed by atoms with Crippen LogP contribution in [0.3, 0.4) is 0 Å². The van der Waals surface area contributed by atoms with E-state index in [1.807, 2.05) is 37.3 Å². The Morgan fingerprint density at radius 1 is 1.03 bits per heavy atom. The van der Waals surface area contributed by atoms with Crippen molar-refractivity contribution in [2.75, 3.05) is 5.75 Å². The van der Waals surface area contributed by atoms with Crippen molar-refractivity contribution < 1.29 is 24.3 Å². The maximum atomic E-state index is 13.0. The highest BCUT2D eigenvalue weighted by atomic mass is 32.1. The summed E-state index contributed by atoms with van der Waals surface area (Å²) in [5.74, 6) is -3.40. The van der Waals surface area contributed by atoms with Crippen LogP contribution in [-0.4, -0.2) is 68.7 Å². The highest BCUT2D eigenvalue weighted by Gasteiger charge is 2.32. The van der Waals surface area contributed by atoms with Gasteiger partial charge in [-0.1, -0.05) is 50.6 Å². The molecule has 0 radical (unpaired) electrons. The van der Waals surface area contributed by atoms with Crippen LogP contribution in [-0.2, 0) is 32.0 Å². The maximum Gasteiger partial charge on any atom is 0.326 e. The quantitative estimate of drug-likeness (QED) is 0.172. The zero-order valence-corrected chi connectivity index (χ0v) is 21.2. The van der Waals surface area contributed by atoms with Gasteiger partial charge in [0.1, 0.15) is 18.1 Å². The van der Waals surface area contributed by atoms with Gasteiger partial charge in [-0.15, -0.1) is 0 Å². The van der Waals surface area contributed by atoms with Gasteiger partial charge in [-0.25, -0.2) is 9.78 Å². The van der Waals surface area contributed by atoms with Crippen molar-refractivity contribution >= 4 is 36.3 Å². The third kappa shape index (κ3) is 8.68. The standard InChI is InChI=1S/C24H34N6O5S/c1-3-14(2)20(24(34)35)30-22(32)18(10-16-11-26-13-27-16)28-23(33)19(12-36)29-21(31)17(25)9-15-7-5-4-6-8-15/h4-8,11,13-14,17-20,36H,3,9-10,12,25H2,1-2H3,(H,26,27)(H,28,33)(H,29,31)(H,30,32)(H,34,35). The molecule has 5 unspecified atom stereocenters. The number of H-pyrrole nitrogens is 1. The van der Waals surface area contributed by atoms with Gasteiger partial charge < -0.3 is 31.8 Å². The Kier molecular flexibility index (Phi) is 11.4. The molecule has 0 saturated heterocycles. The summed E-state index contributed by atoms with van der Waals surface area (Å²) < 4.78 is 0. The number of amides is 3. The molecule has 0 fully saturated rings. The van der Waals surface area contributed by atoms with Crippen molar-refractivity contribution in [2.45, 2.75) is 57.3 Å². The van der Waals surface area contributed by atoms with Crippen LogP contribution < -0.4 is 21.7 Å². The number of aliphatic carboxylic acids is 1. The van der Waals surface area contributed by atoms with E-state index in [9.17, 15) is 24.3 Å². The summed E-state index contributed by atoms with van der Waals surface area (Å²) in [5, 5.41) is 17.2. The maximum absolute atomic E-state index is 13.0. The molecule has 196 valence electrons. The first kappa shape index (κ1) is 28.9. The van der Waals surface area contributed by atoms with Crippen LogP contribution in [0.2, 0.25) is 0 Å². The third-order valence-electron chi connectivity index (χ3n) is 5.84. The molecule has 5 atom stereocenters. The Hall–Kier alpha value is -3.38. The fraction of sp³-hybridized carbons (Fsp3) is 0.458. The molecular weight excluding hydrogens is 484 g/mol. The van der Waals surface area contributed by atoms with Crippen LogP contribution in [0.25, 0.3) is 0 Å². The summed E-state index contributed by atoms with van der Waals surface area (Å²) in [6, 6.07) is 5.02. The average Bonchev–Trinajstić information content (AvgIpc) is 3.38. The number of hydrogen-bond donors (Lipinski definition) is 7. The molecule has 0 bridgehead atoms.